The molecule has 0 aliphatic rings. The van der Waals surface area contributed by atoms with Crippen LogP contribution in [0.1, 0.15) is 44.9 Å². The van der Waals surface area contributed by atoms with E-state index < -0.39 is 0 Å². The summed E-state index contributed by atoms with van der Waals surface area (Å²) >= 11 is 1.62. The Hall–Kier alpha value is -2.90. The van der Waals surface area contributed by atoms with Gasteiger partial charge in [0.2, 0.25) is 0 Å². The van der Waals surface area contributed by atoms with Gasteiger partial charge in [0, 0.05) is 10.4 Å². The van der Waals surface area contributed by atoms with Crippen LogP contribution in [0.4, 0.5) is 0 Å². The fourth-order valence-corrected chi connectivity index (χ4v) is 3.43. The topological polar surface area (TPSA) is 52.9 Å². The molecule has 2 aromatic carbocycles. The zero-order valence-electron chi connectivity index (χ0n) is 13.9. The molecule has 1 amide bonds. The number of benzene rings is 2. The molecule has 1 aromatic heterocycles. The summed E-state index contributed by atoms with van der Waals surface area (Å²) in [5, 5.41) is 14.0. The van der Waals surface area contributed by atoms with E-state index in [1.807, 2.05) is 17.5 Å². The maximum atomic E-state index is 12.7. The van der Waals surface area contributed by atoms with Crippen molar-refractivity contribution in [1.29, 1.82) is 5.26 Å². The molecule has 1 unspecified atom stereocenters. The number of thiophene rings is 1. The Balaban J connectivity index is 1.87. The summed E-state index contributed by atoms with van der Waals surface area (Å²) in [6.07, 6.45) is 0.988. The van der Waals surface area contributed by atoms with Crippen molar-refractivity contribution in [2.45, 2.75) is 19.4 Å². The molecule has 1 atom stereocenters. The van der Waals surface area contributed by atoms with Gasteiger partial charge in [-0.1, -0.05) is 37.3 Å². The van der Waals surface area contributed by atoms with E-state index in [1.54, 1.807) is 35.6 Å². The molecule has 0 saturated carbocycles. The Morgan fingerprint density at radius 1 is 1.12 bits per heavy atom. The van der Waals surface area contributed by atoms with Gasteiger partial charge in [-0.2, -0.15) is 5.26 Å². The van der Waals surface area contributed by atoms with E-state index in [0.29, 0.717) is 11.1 Å². The number of nitrogens with zero attached hydrogens (tertiary/aromatic N) is 1. The lowest BCUT2D eigenvalue weighted by Crippen LogP contribution is -2.28. The average Bonchev–Trinajstić information content (AvgIpc) is 3.20. The Kier molecular flexibility index (Phi) is 5.27. The largest absolute Gasteiger partial charge is 0.340 e. The maximum Gasteiger partial charge on any atom is 0.252 e. The normalized spacial score (nSPS) is 11.5. The van der Waals surface area contributed by atoms with E-state index in [4.69, 9.17) is 5.26 Å². The Bertz CT molecular complexity index is 875. The van der Waals surface area contributed by atoms with Gasteiger partial charge in [-0.25, -0.2) is 0 Å². The molecule has 0 bridgehead atoms. The smallest absolute Gasteiger partial charge is 0.252 e. The van der Waals surface area contributed by atoms with Gasteiger partial charge in [-0.15, -0.1) is 11.3 Å². The Labute approximate surface area is 151 Å². The van der Waals surface area contributed by atoms with Gasteiger partial charge in [0.1, 0.15) is 0 Å². The molecule has 1 N–H and O–H groups in total. The van der Waals surface area contributed by atoms with Crippen molar-refractivity contribution in [3.05, 3.63) is 93.2 Å². The lowest BCUT2D eigenvalue weighted by Gasteiger charge is -2.18. The van der Waals surface area contributed by atoms with Crippen LogP contribution < -0.4 is 5.32 Å². The summed E-state index contributed by atoms with van der Waals surface area (Å²) in [4.78, 5) is 13.7. The first kappa shape index (κ1) is 16.9. The van der Waals surface area contributed by atoms with Gasteiger partial charge >= 0.3 is 0 Å². The van der Waals surface area contributed by atoms with E-state index in [-0.39, 0.29) is 11.9 Å². The molecule has 25 heavy (non-hydrogen) atoms. The number of aryl methyl sites for hydroxylation is 1. The summed E-state index contributed by atoms with van der Waals surface area (Å²) in [7, 11) is 0. The van der Waals surface area contributed by atoms with Crippen LogP contribution in [0.25, 0.3) is 0 Å². The van der Waals surface area contributed by atoms with Crippen LogP contribution in [-0.2, 0) is 6.42 Å². The Morgan fingerprint density at radius 2 is 1.84 bits per heavy atom. The molecule has 0 saturated heterocycles. The molecule has 0 aliphatic carbocycles. The third-order valence-corrected chi connectivity index (χ3v) is 5.04. The Morgan fingerprint density at radius 3 is 2.40 bits per heavy atom. The fraction of sp³-hybridized carbons (Fsp3) is 0.143. The van der Waals surface area contributed by atoms with Crippen LogP contribution in [0.5, 0.6) is 0 Å². The molecule has 124 valence electrons. The highest BCUT2D eigenvalue weighted by atomic mass is 32.1. The predicted octanol–water partition coefficient (Wildman–Crippen LogP) is 4.70. The van der Waals surface area contributed by atoms with Gasteiger partial charge in [-0.3, -0.25) is 4.79 Å². The molecule has 0 fully saturated rings. The lowest BCUT2D eigenvalue weighted by molar-refractivity contribution is 0.0943. The van der Waals surface area contributed by atoms with Crippen LogP contribution in [0.15, 0.2) is 66.0 Å². The zero-order valence-corrected chi connectivity index (χ0v) is 14.7. The number of rotatable bonds is 5. The van der Waals surface area contributed by atoms with Crippen LogP contribution in [0.3, 0.4) is 0 Å². The van der Waals surface area contributed by atoms with Crippen LogP contribution >= 0.6 is 11.3 Å². The first-order valence-electron chi connectivity index (χ1n) is 8.14. The van der Waals surface area contributed by atoms with Gasteiger partial charge in [0.05, 0.1) is 17.7 Å². The van der Waals surface area contributed by atoms with Crippen LogP contribution in [-0.4, -0.2) is 5.91 Å². The quantitative estimate of drug-likeness (QED) is 0.728. The number of nitriles is 1. The standard InChI is InChI=1S/C21H18N2OS/c1-2-15-5-9-17(10-6-15)20(19-4-3-13-25-19)23-21(24)18-11-7-16(14-22)8-12-18/h3-13,20H,2H2,1H3,(H,23,24). The second-order valence-corrected chi connectivity index (χ2v) is 6.69. The molecular formula is C21H18N2OS. The molecule has 3 nitrogen and oxygen atoms in total. The third-order valence-electron chi connectivity index (χ3n) is 4.10. The maximum absolute atomic E-state index is 12.7. The number of hydrogen-bond donors (Lipinski definition) is 1. The van der Waals surface area contributed by atoms with E-state index in [2.05, 4.69) is 42.6 Å². The second-order valence-electron chi connectivity index (χ2n) is 5.71. The monoisotopic (exact) mass is 346 g/mol. The van der Waals surface area contributed by atoms with Gasteiger partial charge < -0.3 is 5.32 Å². The van der Waals surface area contributed by atoms with Crippen molar-refractivity contribution in [3.8, 4) is 6.07 Å². The SMILES string of the molecule is CCc1ccc(C(NC(=O)c2ccc(C#N)cc2)c2cccs2)cc1. The van der Waals surface area contributed by atoms with Gasteiger partial charge in [-0.05, 0) is 53.3 Å². The van der Waals surface area contributed by atoms with Crippen LogP contribution in [0.2, 0.25) is 0 Å². The summed E-state index contributed by atoms with van der Waals surface area (Å²) < 4.78 is 0. The number of nitrogens with one attached hydrogen (secondary N) is 1. The minimum Gasteiger partial charge on any atom is -0.340 e. The number of amides is 1. The molecule has 3 rings (SSSR count). The first-order chi connectivity index (χ1) is 12.2. The predicted molar refractivity (Wildman–Crippen MR) is 101 cm³/mol. The lowest BCUT2D eigenvalue weighted by atomic mass is 10.0. The van der Waals surface area contributed by atoms with Crippen molar-refractivity contribution in [3.63, 3.8) is 0 Å². The van der Waals surface area contributed by atoms with Crippen molar-refractivity contribution < 1.29 is 4.79 Å². The van der Waals surface area contributed by atoms with E-state index >= 15 is 0 Å². The molecule has 4 heteroatoms. The highest BCUT2D eigenvalue weighted by molar-refractivity contribution is 7.10. The molecule has 1 heterocycles. The average molecular weight is 346 g/mol. The van der Waals surface area contributed by atoms with Crippen molar-refractivity contribution in [2.24, 2.45) is 0 Å². The van der Waals surface area contributed by atoms with Crippen molar-refractivity contribution in [1.82, 2.24) is 5.32 Å². The summed E-state index contributed by atoms with van der Waals surface area (Å²) in [6.45, 7) is 2.12. The zero-order chi connectivity index (χ0) is 17.6. The number of carbonyl (C=O) groups is 1. The minimum atomic E-state index is -0.186. The third kappa shape index (κ3) is 3.96. The summed E-state index contributed by atoms with van der Waals surface area (Å²) in [6, 6.07) is 20.9. The molecule has 0 spiro atoms. The van der Waals surface area contributed by atoms with Gasteiger partial charge in [0.25, 0.3) is 5.91 Å². The highest BCUT2D eigenvalue weighted by Gasteiger charge is 2.18. The number of hydrogen-bond acceptors (Lipinski definition) is 3. The van der Waals surface area contributed by atoms with Gasteiger partial charge in [0.15, 0.2) is 0 Å². The van der Waals surface area contributed by atoms with Crippen LogP contribution in [0, 0.1) is 11.3 Å². The number of carbonyl (C=O) groups excluding carboxylic acids is 1. The van der Waals surface area contributed by atoms with Crippen molar-refractivity contribution >= 4 is 17.2 Å². The van der Waals surface area contributed by atoms with E-state index in [1.165, 1.54) is 5.56 Å². The van der Waals surface area contributed by atoms with E-state index in [9.17, 15) is 4.79 Å². The van der Waals surface area contributed by atoms with Crippen molar-refractivity contribution in [2.75, 3.05) is 0 Å². The second kappa shape index (κ2) is 7.78. The molecule has 0 aliphatic heterocycles. The first-order valence-corrected chi connectivity index (χ1v) is 9.02. The molecule has 0 radical (unpaired) electrons. The minimum absolute atomic E-state index is 0.151. The summed E-state index contributed by atoms with van der Waals surface area (Å²) in [5.41, 5.74) is 3.42. The molecular weight excluding hydrogens is 328 g/mol. The summed E-state index contributed by atoms with van der Waals surface area (Å²) in [5.74, 6) is -0.151. The molecule has 3 aromatic rings. The van der Waals surface area contributed by atoms with E-state index in [0.717, 1.165) is 16.9 Å². The fourth-order valence-electron chi connectivity index (χ4n) is 2.63. The highest BCUT2D eigenvalue weighted by Crippen LogP contribution is 2.27.